The number of rotatable bonds is 5. The van der Waals surface area contributed by atoms with Crippen molar-refractivity contribution < 1.29 is 0 Å². The van der Waals surface area contributed by atoms with Crippen LogP contribution in [-0.4, -0.2) is 35.5 Å². The van der Waals surface area contributed by atoms with Crippen LogP contribution < -0.4 is 5.32 Å². The van der Waals surface area contributed by atoms with E-state index >= 15 is 0 Å². The van der Waals surface area contributed by atoms with Crippen LogP contribution >= 0.6 is 27.3 Å². The van der Waals surface area contributed by atoms with E-state index in [2.05, 4.69) is 67.7 Å². The lowest BCUT2D eigenvalue weighted by Gasteiger charge is -2.23. The summed E-state index contributed by atoms with van der Waals surface area (Å²) in [6.45, 7) is 0.787. The second kappa shape index (κ2) is 6.26. The van der Waals surface area contributed by atoms with E-state index in [0.717, 1.165) is 11.0 Å². The number of hydrogen-bond donors (Lipinski definition) is 1. The minimum absolute atomic E-state index is 0.331. The van der Waals surface area contributed by atoms with E-state index in [1.165, 1.54) is 4.88 Å². The molecule has 0 saturated carbocycles. The molecule has 0 aromatic carbocycles. The van der Waals surface area contributed by atoms with Gasteiger partial charge >= 0.3 is 0 Å². The van der Waals surface area contributed by atoms with Gasteiger partial charge in [0.15, 0.2) is 0 Å². The molecule has 96 valence electrons. The first-order valence-corrected chi connectivity index (χ1v) is 7.25. The highest BCUT2D eigenvalue weighted by atomic mass is 79.9. The number of nitrogens with zero attached hydrogens (tertiary/aromatic N) is 3. The van der Waals surface area contributed by atoms with Crippen molar-refractivity contribution in [2.75, 3.05) is 26.0 Å². The van der Waals surface area contributed by atoms with E-state index in [4.69, 9.17) is 0 Å². The second-order valence-electron chi connectivity index (χ2n) is 4.10. The first-order valence-electron chi connectivity index (χ1n) is 5.58. The SMILES string of the molecule is CN(C)[C@H](CNc1ncc(Br)cn1)c1cccs1. The van der Waals surface area contributed by atoms with Gasteiger partial charge < -0.3 is 10.2 Å². The predicted octanol–water partition coefficient (Wildman–Crippen LogP) is 3.02. The van der Waals surface area contributed by atoms with Gasteiger partial charge in [-0.25, -0.2) is 9.97 Å². The van der Waals surface area contributed by atoms with E-state index < -0.39 is 0 Å². The molecule has 1 N–H and O–H groups in total. The van der Waals surface area contributed by atoms with Gasteiger partial charge in [0, 0.05) is 23.8 Å². The molecule has 18 heavy (non-hydrogen) atoms. The van der Waals surface area contributed by atoms with Crippen molar-refractivity contribution in [2.45, 2.75) is 6.04 Å². The molecule has 2 aromatic heterocycles. The highest BCUT2D eigenvalue weighted by Crippen LogP contribution is 2.23. The summed E-state index contributed by atoms with van der Waals surface area (Å²) in [5.41, 5.74) is 0. The fraction of sp³-hybridized carbons (Fsp3) is 0.333. The van der Waals surface area contributed by atoms with Gasteiger partial charge in [0.2, 0.25) is 5.95 Å². The van der Waals surface area contributed by atoms with Crippen molar-refractivity contribution in [3.05, 3.63) is 39.3 Å². The third kappa shape index (κ3) is 3.51. The lowest BCUT2D eigenvalue weighted by Crippen LogP contribution is -2.26. The Morgan fingerprint density at radius 2 is 2.11 bits per heavy atom. The molecular weight excluding hydrogens is 312 g/mol. The molecule has 0 fully saturated rings. The molecule has 0 saturated heterocycles. The lowest BCUT2D eigenvalue weighted by molar-refractivity contribution is 0.316. The molecule has 0 amide bonds. The quantitative estimate of drug-likeness (QED) is 0.917. The Hall–Kier alpha value is -0.980. The van der Waals surface area contributed by atoms with Gasteiger partial charge in [-0.05, 0) is 41.5 Å². The minimum atomic E-state index is 0.331. The van der Waals surface area contributed by atoms with Crippen LogP contribution in [0.3, 0.4) is 0 Å². The molecule has 4 nitrogen and oxygen atoms in total. The molecule has 1 atom stereocenters. The minimum Gasteiger partial charge on any atom is -0.352 e. The first-order chi connectivity index (χ1) is 8.66. The molecular formula is C12H15BrN4S. The summed E-state index contributed by atoms with van der Waals surface area (Å²) in [6.07, 6.45) is 3.48. The maximum absolute atomic E-state index is 4.21. The fourth-order valence-electron chi connectivity index (χ4n) is 1.61. The number of hydrogen-bond acceptors (Lipinski definition) is 5. The van der Waals surface area contributed by atoms with Crippen molar-refractivity contribution in [3.8, 4) is 0 Å². The van der Waals surface area contributed by atoms with Crippen molar-refractivity contribution in [2.24, 2.45) is 0 Å². The Labute approximate surface area is 119 Å². The molecule has 0 bridgehead atoms. The van der Waals surface area contributed by atoms with Gasteiger partial charge in [0.05, 0.1) is 10.5 Å². The van der Waals surface area contributed by atoms with Crippen LogP contribution in [-0.2, 0) is 0 Å². The second-order valence-corrected chi connectivity index (χ2v) is 6.00. The zero-order valence-corrected chi connectivity index (χ0v) is 12.7. The van der Waals surface area contributed by atoms with Gasteiger partial charge in [0.25, 0.3) is 0 Å². The summed E-state index contributed by atoms with van der Waals surface area (Å²) in [4.78, 5) is 11.9. The third-order valence-corrected chi connectivity index (χ3v) is 3.95. The molecule has 2 heterocycles. The Balaban J connectivity index is 2.00. The van der Waals surface area contributed by atoms with Crippen LogP contribution in [0.5, 0.6) is 0 Å². The summed E-state index contributed by atoms with van der Waals surface area (Å²) in [5.74, 6) is 0.654. The molecule has 0 spiro atoms. The number of likely N-dealkylation sites (N-methyl/N-ethyl adjacent to an activating group) is 1. The van der Waals surface area contributed by atoms with Gasteiger partial charge in [0.1, 0.15) is 0 Å². The number of aromatic nitrogens is 2. The summed E-state index contributed by atoms with van der Waals surface area (Å²) < 4.78 is 0.885. The van der Waals surface area contributed by atoms with E-state index in [1.807, 2.05) is 0 Å². The number of thiophene rings is 1. The van der Waals surface area contributed by atoms with Gasteiger partial charge in [-0.15, -0.1) is 11.3 Å². The Bertz CT molecular complexity index is 469. The van der Waals surface area contributed by atoms with E-state index in [0.29, 0.717) is 12.0 Å². The van der Waals surface area contributed by atoms with Crippen molar-refractivity contribution >= 4 is 33.2 Å². The maximum atomic E-state index is 4.21. The zero-order chi connectivity index (χ0) is 13.0. The van der Waals surface area contributed by atoms with Gasteiger partial charge in [-0.2, -0.15) is 0 Å². The van der Waals surface area contributed by atoms with Crippen LogP contribution in [0.1, 0.15) is 10.9 Å². The summed E-state index contributed by atoms with van der Waals surface area (Å²) >= 11 is 5.09. The van der Waals surface area contributed by atoms with Crippen molar-refractivity contribution in [1.29, 1.82) is 0 Å². The normalized spacial score (nSPS) is 12.7. The average molecular weight is 327 g/mol. The maximum Gasteiger partial charge on any atom is 0.222 e. The number of anilines is 1. The highest BCUT2D eigenvalue weighted by Gasteiger charge is 2.15. The molecule has 0 unspecified atom stereocenters. The molecule has 0 aliphatic heterocycles. The van der Waals surface area contributed by atoms with E-state index in [1.54, 1.807) is 23.7 Å². The first kappa shape index (κ1) is 13.5. The molecule has 0 aliphatic carbocycles. The molecule has 2 rings (SSSR count). The predicted molar refractivity (Wildman–Crippen MR) is 79.0 cm³/mol. The van der Waals surface area contributed by atoms with Crippen molar-refractivity contribution in [3.63, 3.8) is 0 Å². The van der Waals surface area contributed by atoms with Crippen LogP contribution in [0.25, 0.3) is 0 Å². The smallest absolute Gasteiger partial charge is 0.222 e. The number of halogens is 1. The zero-order valence-electron chi connectivity index (χ0n) is 10.3. The molecule has 2 aromatic rings. The van der Waals surface area contributed by atoms with Crippen LogP contribution in [0.15, 0.2) is 34.4 Å². The summed E-state index contributed by atoms with van der Waals surface area (Å²) in [5, 5.41) is 5.36. The van der Waals surface area contributed by atoms with Gasteiger partial charge in [-0.3, -0.25) is 0 Å². The standard InChI is InChI=1S/C12H15BrN4S/c1-17(2)10(11-4-3-5-18-11)8-16-12-14-6-9(13)7-15-12/h3-7,10H,8H2,1-2H3,(H,14,15,16)/t10-/m1/s1. The monoisotopic (exact) mass is 326 g/mol. The largest absolute Gasteiger partial charge is 0.352 e. The molecule has 6 heteroatoms. The number of nitrogens with one attached hydrogen (secondary N) is 1. The molecule has 0 aliphatic rings. The summed E-state index contributed by atoms with van der Waals surface area (Å²) in [6, 6.07) is 4.56. The Kier molecular flexibility index (Phi) is 4.68. The van der Waals surface area contributed by atoms with Crippen LogP contribution in [0.2, 0.25) is 0 Å². The Morgan fingerprint density at radius 1 is 1.39 bits per heavy atom. The lowest BCUT2D eigenvalue weighted by atomic mass is 10.2. The fourth-order valence-corrected chi connectivity index (χ4v) is 2.74. The van der Waals surface area contributed by atoms with E-state index in [9.17, 15) is 0 Å². The average Bonchev–Trinajstić information content (AvgIpc) is 2.85. The van der Waals surface area contributed by atoms with Gasteiger partial charge in [-0.1, -0.05) is 6.07 Å². The van der Waals surface area contributed by atoms with Crippen molar-refractivity contribution in [1.82, 2.24) is 14.9 Å². The van der Waals surface area contributed by atoms with E-state index in [-0.39, 0.29) is 0 Å². The third-order valence-electron chi connectivity index (χ3n) is 2.57. The Morgan fingerprint density at radius 3 is 2.67 bits per heavy atom. The molecule has 0 radical (unpaired) electrons. The van der Waals surface area contributed by atoms with Crippen LogP contribution in [0, 0.1) is 0 Å². The topological polar surface area (TPSA) is 41.0 Å². The highest BCUT2D eigenvalue weighted by molar-refractivity contribution is 9.10. The van der Waals surface area contributed by atoms with Crippen LogP contribution in [0.4, 0.5) is 5.95 Å². The summed E-state index contributed by atoms with van der Waals surface area (Å²) in [7, 11) is 4.16.